The molecule has 0 heterocycles. The van der Waals surface area contributed by atoms with Crippen molar-refractivity contribution in [3.63, 3.8) is 0 Å². The van der Waals surface area contributed by atoms with Crippen LogP contribution in [0, 0.1) is 34.5 Å². The largest absolute Gasteiger partial charge is 0.550 e. The zero-order valence-corrected chi connectivity index (χ0v) is 66.5. The van der Waals surface area contributed by atoms with Crippen molar-refractivity contribution in [3.8, 4) is 23.7 Å². The molecule has 4 aromatic carbocycles. The van der Waals surface area contributed by atoms with Crippen molar-refractivity contribution < 1.29 is 81.9 Å². The third-order valence-corrected chi connectivity index (χ3v) is 16.2. The number of benzene rings is 4. The second-order valence-electron chi connectivity index (χ2n) is 29.0. The molecule has 18 heteroatoms. The Hall–Kier alpha value is -8.32. The average Bonchev–Trinajstić information content (AvgIpc) is 0.835. The lowest BCUT2D eigenvalue weighted by molar-refractivity contribution is -0.887. The summed E-state index contributed by atoms with van der Waals surface area (Å²) in [5, 5.41) is 24.5. The Kier molecular flexibility index (Phi) is 59.9. The molecule has 0 aliphatic carbocycles. The molecule has 0 radical (unpaired) electrons. The molecule has 1 atom stereocenters. The van der Waals surface area contributed by atoms with Gasteiger partial charge in [-0.3, -0.25) is 38.5 Å². The van der Waals surface area contributed by atoms with Crippen molar-refractivity contribution in [2.45, 2.75) is 289 Å². The number of unbranched alkanes of at least 4 members (excludes halogenated alkanes) is 16. The lowest BCUT2D eigenvalue weighted by Gasteiger charge is -2.18. The Bertz CT molecular complexity index is 3050. The maximum atomic E-state index is 11.9. The molecular formula is C90H138N2O16. The fourth-order valence-corrected chi connectivity index (χ4v) is 10.4. The predicted octanol–water partition coefficient (Wildman–Crippen LogP) is 17.4. The minimum Gasteiger partial charge on any atom is -0.550 e. The Labute approximate surface area is 650 Å². The van der Waals surface area contributed by atoms with Crippen LogP contribution in [0.15, 0.2) is 109 Å². The summed E-state index contributed by atoms with van der Waals surface area (Å²) in [4.78, 5) is 96.1. The molecule has 18 nitrogen and oxygen atoms in total. The molecule has 1 unspecified atom stereocenters. The first-order valence-corrected chi connectivity index (χ1v) is 38.9. The Balaban J connectivity index is 0. The number of hydrogen-bond donors (Lipinski definition) is 2. The van der Waals surface area contributed by atoms with Gasteiger partial charge in [0.05, 0.1) is 32.9 Å². The first-order chi connectivity index (χ1) is 50.7. The lowest BCUT2D eigenvalue weighted by atomic mass is 9.98. The summed E-state index contributed by atoms with van der Waals surface area (Å²) in [5.74, 6) is 7.08. The molecule has 4 aromatic rings. The van der Waals surface area contributed by atoms with E-state index in [9.17, 15) is 43.5 Å². The summed E-state index contributed by atoms with van der Waals surface area (Å²) in [6, 6.07) is 30.2. The molecule has 108 heavy (non-hydrogen) atoms. The van der Waals surface area contributed by atoms with Gasteiger partial charge < -0.3 is 48.3 Å². The molecule has 2 N–H and O–H groups in total. The van der Waals surface area contributed by atoms with Crippen molar-refractivity contribution in [1.82, 2.24) is 4.90 Å². The Morgan fingerprint density at radius 3 is 1.17 bits per heavy atom. The maximum absolute atomic E-state index is 11.9. The Morgan fingerprint density at radius 2 is 0.796 bits per heavy atom. The van der Waals surface area contributed by atoms with Gasteiger partial charge in [0.2, 0.25) is 0 Å². The molecule has 0 bridgehead atoms. The molecule has 0 saturated carbocycles. The van der Waals surface area contributed by atoms with Crippen LogP contribution in [0.4, 0.5) is 0 Å². The number of fused-ring (bicyclic) bond motifs is 2. The monoisotopic (exact) mass is 1500 g/mol. The van der Waals surface area contributed by atoms with Gasteiger partial charge in [0.15, 0.2) is 12.2 Å². The van der Waals surface area contributed by atoms with Crippen LogP contribution in [0.3, 0.4) is 0 Å². The number of likely N-dealkylation sites (N-methyl/N-ethyl adjacent to an activating group) is 2. The van der Waals surface area contributed by atoms with Crippen LogP contribution >= 0.6 is 0 Å². The Morgan fingerprint density at radius 1 is 0.454 bits per heavy atom. The first-order valence-electron chi connectivity index (χ1n) is 38.9. The van der Waals surface area contributed by atoms with E-state index in [2.05, 4.69) is 209 Å². The number of esters is 6. The van der Waals surface area contributed by atoms with Gasteiger partial charge in [-0.05, 0) is 126 Å². The molecule has 0 saturated heterocycles. The normalized spacial score (nSPS) is 11.2. The molecule has 4 rings (SSSR count). The predicted molar refractivity (Wildman–Crippen MR) is 434 cm³/mol. The number of nitrogens with one attached hydrogen (secondary N) is 1. The van der Waals surface area contributed by atoms with Crippen molar-refractivity contribution in [1.29, 1.82) is 0 Å². The molecule has 0 aliphatic rings. The third-order valence-electron chi connectivity index (χ3n) is 16.2. The second-order valence-corrected chi connectivity index (χ2v) is 29.0. The summed E-state index contributed by atoms with van der Waals surface area (Å²) < 4.78 is 31.0. The number of hydrogen-bond acceptors (Lipinski definition) is 16. The van der Waals surface area contributed by atoms with Crippen LogP contribution in [0.1, 0.15) is 275 Å². The van der Waals surface area contributed by atoms with Gasteiger partial charge in [-0.1, -0.05) is 260 Å². The van der Waals surface area contributed by atoms with Crippen LogP contribution in [0.25, 0.3) is 21.5 Å². The fourth-order valence-electron chi connectivity index (χ4n) is 10.4. The standard InChI is InChI=1S/2C23H40O8.2C21H25N.2CH4/c2*1-3-5-7-9-11-13-21(26)29-17-19(31-23(28)16-15-20(24)25)18-30-22(27)14-12-10-8-6-4-2;2*1-21(2,3)15-8-5-9-16-22(4)17-19-13-10-12-18-11-6-7-14-20(18)19;;/h2*19H,3-18H2,1-2H3,(H,24,25);2*5-7,9-14H,16-17H2,1-4H3;2*1H4/b;;2*9-5+;;. The van der Waals surface area contributed by atoms with Gasteiger partial charge in [-0.2, -0.15) is 0 Å². The minimum atomic E-state index is -1.36. The number of carbonyl (C=O) groups is 8. The molecule has 0 amide bonds. The quantitative estimate of drug-likeness (QED) is 0.0181. The van der Waals surface area contributed by atoms with Crippen LogP contribution in [-0.2, 0) is 79.9 Å². The van der Waals surface area contributed by atoms with Crippen molar-refractivity contribution >= 4 is 69.3 Å². The van der Waals surface area contributed by atoms with Gasteiger partial charge >= 0.3 is 41.8 Å². The lowest BCUT2D eigenvalue weighted by Crippen LogP contribution is -3.07. The van der Waals surface area contributed by atoms with Gasteiger partial charge in [-0.25, -0.2) is 0 Å². The van der Waals surface area contributed by atoms with Crippen LogP contribution in [0.5, 0.6) is 0 Å². The average molecular weight is 1500 g/mol. The number of ether oxygens (including phenoxy) is 6. The van der Waals surface area contributed by atoms with Gasteiger partial charge in [0, 0.05) is 61.1 Å². The summed E-state index contributed by atoms with van der Waals surface area (Å²) in [5.41, 5.74) is 2.92. The molecule has 604 valence electrons. The minimum absolute atomic E-state index is 0. The van der Waals surface area contributed by atoms with Gasteiger partial charge in [0.25, 0.3) is 0 Å². The smallest absolute Gasteiger partial charge is 0.306 e. The van der Waals surface area contributed by atoms with Crippen molar-refractivity contribution in [3.05, 3.63) is 120 Å². The maximum Gasteiger partial charge on any atom is 0.306 e. The fraction of sp³-hybridized carbons (Fsp3) is 0.600. The van der Waals surface area contributed by atoms with E-state index in [1.807, 2.05) is 12.2 Å². The van der Waals surface area contributed by atoms with Crippen molar-refractivity contribution in [2.24, 2.45) is 10.8 Å². The number of rotatable bonds is 48. The highest BCUT2D eigenvalue weighted by Gasteiger charge is 2.22. The molecule has 0 fully saturated rings. The second kappa shape index (κ2) is 63.6. The van der Waals surface area contributed by atoms with E-state index in [0.717, 1.165) is 155 Å². The summed E-state index contributed by atoms with van der Waals surface area (Å²) in [6.45, 7) is 24.2. The number of carboxylic acid groups (broad SMARTS) is 2. The third kappa shape index (κ3) is 57.8. The van der Waals surface area contributed by atoms with E-state index in [-0.39, 0.29) is 97.1 Å². The van der Waals surface area contributed by atoms with Gasteiger partial charge in [0.1, 0.15) is 33.0 Å². The highest BCUT2D eigenvalue weighted by Crippen LogP contribution is 2.21. The number of quaternary nitrogens is 1. The number of aliphatic carboxylic acids is 2. The highest BCUT2D eigenvalue weighted by molar-refractivity contribution is 5.86. The molecule has 0 spiro atoms. The van der Waals surface area contributed by atoms with Crippen LogP contribution in [0.2, 0.25) is 0 Å². The van der Waals surface area contributed by atoms with E-state index in [1.54, 1.807) is 0 Å². The summed E-state index contributed by atoms with van der Waals surface area (Å²) in [6.07, 6.45) is 25.9. The zero-order valence-electron chi connectivity index (χ0n) is 66.5. The van der Waals surface area contributed by atoms with E-state index in [0.29, 0.717) is 0 Å². The summed E-state index contributed by atoms with van der Waals surface area (Å²) >= 11 is 0. The van der Waals surface area contributed by atoms with E-state index < -0.39 is 66.4 Å². The zero-order chi connectivity index (χ0) is 78.6. The molecule has 0 aliphatic heterocycles. The first kappa shape index (κ1) is 102. The number of carbonyl (C=O) groups excluding carboxylic acids is 7. The van der Waals surface area contributed by atoms with E-state index in [4.69, 9.17) is 33.5 Å². The number of nitrogens with zero attached hydrogens (tertiary/aromatic N) is 1. The number of carboxylic acids is 2. The van der Waals surface area contributed by atoms with Crippen LogP contribution < -0.4 is 10.0 Å². The van der Waals surface area contributed by atoms with Crippen molar-refractivity contribution in [2.75, 3.05) is 53.6 Å². The van der Waals surface area contributed by atoms with E-state index >= 15 is 0 Å². The van der Waals surface area contributed by atoms with E-state index in [1.165, 1.54) is 37.6 Å². The van der Waals surface area contributed by atoms with Gasteiger partial charge in [-0.15, -0.1) is 0 Å². The topological polar surface area (TPSA) is 243 Å². The van der Waals surface area contributed by atoms with Crippen LogP contribution in [-0.4, -0.2) is 124 Å². The SMILES string of the molecule is C.C.CCCCCCCC(=O)OCC(COC(=O)CCCCCCC)OC(=O)CCC(=O)O.CCCCCCCC(=O)OCC(COC(=O)CCCCCCC)OC(=O)CCC(=O)[O-].CN(C/C=C/C#CC(C)(C)C)Cc1cccc2ccccc12.C[NH+](C/C=C/C#CC(C)(C)C)Cc1cccc2ccccc12. The molecular weight excluding hydrogens is 1360 g/mol. The highest BCUT2D eigenvalue weighted by atomic mass is 16.6. The number of allylic oxidation sites excluding steroid dienone is 2. The summed E-state index contributed by atoms with van der Waals surface area (Å²) in [7, 11) is 4.37. The molecule has 0 aromatic heterocycles.